The van der Waals surface area contributed by atoms with Crippen LogP contribution in [0.2, 0.25) is 0 Å². The minimum Gasteiger partial charge on any atom is -0.497 e. The number of nitrogens with one attached hydrogen (secondary N) is 2. The summed E-state index contributed by atoms with van der Waals surface area (Å²) in [7, 11) is 1.67. The van der Waals surface area contributed by atoms with Crippen LogP contribution in [0.3, 0.4) is 0 Å². The molecule has 0 unspecified atom stereocenters. The van der Waals surface area contributed by atoms with E-state index in [1.807, 2.05) is 24.3 Å². The Morgan fingerprint density at radius 3 is 2.70 bits per heavy atom. The Morgan fingerprint density at radius 1 is 1.13 bits per heavy atom. The van der Waals surface area contributed by atoms with Crippen molar-refractivity contribution < 1.29 is 4.74 Å². The summed E-state index contributed by atoms with van der Waals surface area (Å²) in [4.78, 5) is 28.8. The molecular weight excluding hydrogens is 402 g/mol. The van der Waals surface area contributed by atoms with Gasteiger partial charge in [-0.2, -0.15) is 10.1 Å². The fraction of sp³-hybridized carbons (Fsp3) is 0.300. The average Bonchev–Trinajstić information content (AvgIpc) is 3.44. The first-order valence-electron chi connectivity index (χ1n) is 9.69. The van der Waals surface area contributed by atoms with E-state index in [0.29, 0.717) is 17.0 Å². The molecular formula is C20H21N7O2S. The molecule has 1 saturated heterocycles. The highest BCUT2D eigenvalue weighted by molar-refractivity contribution is 7.13. The largest absolute Gasteiger partial charge is 0.497 e. The van der Waals surface area contributed by atoms with Crippen molar-refractivity contribution in [1.82, 2.24) is 30.0 Å². The standard InChI is InChI=1S/C20H21N7O2S/c1-29-15-4-2-13(3-5-15)19-22-14(12-30-19)11-26-6-8-27(9-7-26)20-23-17-16(10-21-25-17)18(28)24-20/h2-5,10,12H,6-9,11H2,1H3,(H2,21,23,24,25,28). The van der Waals surface area contributed by atoms with E-state index in [2.05, 4.69) is 35.3 Å². The molecule has 1 aromatic carbocycles. The van der Waals surface area contributed by atoms with Gasteiger partial charge in [-0.1, -0.05) is 0 Å². The number of thiazole rings is 1. The molecule has 10 heteroatoms. The third-order valence-corrected chi connectivity index (χ3v) is 6.19. The Labute approximate surface area is 176 Å². The number of ether oxygens (including phenoxy) is 1. The summed E-state index contributed by atoms with van der Waals surface area (Å²) in [6.07, 6.45) is 1.50. The zero-order chi connectivity index (χ0) is 20.5. The second-order valence-corrected chi connectivity index (χ2v) is 8.02. The molecule has 0 amide bonds. The molecule has 0 saturated carbocycles. The van der Waals surface area contributed by atoms with Gasteiger partial charge in [0.15, 0.2) is 5.65 Å². The fourth-order valence-corrected chi connectivity index (χ4v) is 4.39. The normalized spacial score (nSPS) is 15.0. The van der Waals surface area contributed by atoms with Crippen LogP contribution in [0.5, 0.6) is 5.75 Å². The highest BCUT2D eigenvalue weighted by Gasteiger charge is 2.20. The van der Waals surface area contributed by atoms with E-state index in [4.69, 9.17) is 9.72 Å². The number of nitrogens with zero attached hydrogens (tertiary/aromatic N) is 5. The van der Waals surface area contributed by atoms with Gasteiger partial charge in [-0.05, 0) is 24.3 Å². The second kappa shape index (κ2) is 7.88. The molecule has 0 aliphatic carbocycles. The summed E-state index contributed by atoms with van der Waals surface area (Å²) >= 11 is 1.66. The maximum atomic E-state index is 12.2. The number of rotatable bonds is 5. The Bertz CT molecular complexity index is 1210. The van der Waals surface area contributed by atoms with Gasteiger partial charge in [-0.15, -0.1) is 11.3 Å². The fourth-order valence-electron chi connectivity index (χ4n) is 3.58. The number of aromatic nitrogens is 5. The molecule has 5 rings (SSSR count). The van der Waals surface area contributed by atoms with Gasteiger partial charge in [0.25, 0.3) is 5.56 Å². The van der Waals surface area contributed by atoms with Crippen molar-refractivity contribution in [2.75, 3.05) is 38.2 Å². The number of H-pyrrole nitrogens is 2. The van der Waals surface area contributed by atoms with Crippen molar-refractivity contribution in [3.05, 3.63) is 51.9 Å². The van der Waals surface area contributed by atoms with Gasteiger partial charge in [0.2, 0.25) is 5.95 Å². The van der Waals surface area contributed by atoms with Crippen LogP contribution in [0, 0.1) is 0 Å². The van der Waals surface area contributed by atoms with E-state index in [1.165, 1.54) is 6.20 Å². The topological polar surface area (TPSA) is 103 Å². The summed E-state index contributed by atoms with van der Waals surface area (Å²) in [6, 6.07) is 7.97. The first-order valence-corrected chi connectivity index (χ1v) is 10.6. The number of hydrogen-bond donors (Lipinski definition) is 2. The Kier molecular flexibility index (Phi) is 4.93. The van der Waals surface area contributed by atoms with E-state index in [-0.39, 0.29) is 5.56 Å². The lowest BCUT2D eigenvalue weighted by Crippen LogP contribution is -2.47. The van der Waals surface area contributed by atoms with Gasteiger partial charge in [0, 0.05) is 43.7 Å². The van der Waals surface area contributed by atoms with Crippen molar-refractivity contribution in [3.63, 3.8) is 0 Å². The Hall–Kier alpha value is -3.24. The van der Waals surface area contributed by atoms with Gasteiger partial charge in [0.05, 0.1) is 19.0 Å². The molecule has 4 aromatic rings. The summed E-state index contributed by atoms with van der Waals surface area (Å²) in [5.41, 5.74) is 2.52. The molecule has 1 aliphatic rings. The van der Waals surface area contributed by atoms with Crippen LogP contribution in [0.4, 0.5) is 5.95 Å². The van der Waals surface area contributed by atoms with Gasteiger partial charge in [0.1, 0.15) is 16.1 Å². The second-order valence-electron chi connectivity index (χ2n) is 7.16. The van der Waals surface area contributed by atoms with Gasteiger partial charge < -0.3 is 9.64 Å². The highest BCUT2D eigenvalue weighted by atomic mass is 32.1. The molecule has 2 N–H and O–H groups in total. The van der Waals surface area contributed by atoms with Crippen LogP contribution in [-0.4, -0.2) is 63.3 Å². The Morgan fingerprint density at radius 2 is 1.93 bits per heavy atom. The predicted molar refractivity (Wildman–Crippen MR) is 116 cm³/mol. The van der Waals surface area contributed by atoms with E-state index in [9.17, 15) is 4.79 Å². The highest BCUT2D eigenvalue weighted by Crippen LogP contribution is 2.26. The molecule has 4 heterocycles. The van der Waals surface area contributed by atoms with Crippen LogP contribution in [0.25, 0.3) is 21.6 Å². The van der Waals surface area contributed by atoms with Gasteiger partial charge >= 0.3 is 0 Å². The van der Waals surface area contributed by atoms with Crippen LogP contribution >= 0.6 is 11.3 Å². The number of anilines is 1. The van der Waals surface area contributed by atoms with Crippen molar-refractivity contribution in [3.8, 4) is 16.3 Å². The first kappa shape index (κ1) is 18.8. The molecule has 0 radical (unpaired) electrons. The molecule has 0 bridgehead atoms. The van der Waals surface area contributed by atoms with Gasteiger partial charge in [-0.25, -0.2) is 4.98 Å². The van der Waals surface area contributed by atoms with Crippen LogP contribution < -0.4 is 15.2 Å². The van der Waals surface area contributed by atoms with Crippen molar-refractivity contribution in [2.24, 2.45) is 0 Å². The number of aromatic amines is 2. The minimum absolute atomic E-state index is 0.167. The number of hydrogen-bond acceptors (Lipinski definition) is 8. The van der Waals surface area contributed by atoms with Crippen molar-refractivity contribution in [1.29, 1.82) is 0 Å². The molecule has 30 heavy (non-hydrogen) atoms. The lowest BCUT2D eigenvalue weighted by molar-refractivity contribution is 0.246. The predicted octanol–water partition coefficient (Wildman–Crippen LogP) is 2.10. The van der Waals surface area contributed by atoms with Crippen LogP contribution in [-0.2, 0) is 6.54 Å². The molecule has 1 fully saturated rings. The van der Waals surface area contributed by atoms with E-state index < -0.39 is 0 Å². The summed E-state index contributed by atoms with van der Waals surface area (Å²) in [5.74, 6) is 1.43. The van der Waals surface area contributed by atoms with Gasteiger partial charge in [-0.3, -0.25) is 19.8 Å². The van der Waals surface area contributed by atoms with E-state index in [0.717, 1.165) is 54.7 Å². The SMILES string of the molecule is COc1ccc(-c2nc(CN3CCN(c4nc5[nH]ncc5c(=O)[nH]4)CC3)cs2)cc1. The molecule has 0 spiro atoms. The average molecular weight is 424 g/mol. The van der Waals surface area contributed by atoms with E-state index in [1.54, 1.807) is 18.4 Å². The minimum atomic E-state index is -0.167. The molecule has 0 atom stereocenters. The number of methoxy groups -OCH3 is 1. The maximum Gasteiger partial charge on any atom is 0.263 e. The molecule has 1 aliphatic heterocycles. The molecule has 154 valence electrons. The first-order chi connectivity index (χ1) is 14.7. The number of piperazine rings is 1. The Balaban J connectivity index is 1.22. The third-order valence-electron chi connectivity index (χ3n) is 5.25. The molecule has 9 nitrogen and oxygen atoms in total. The molecule has 3 aromatic heterocycles. The summed E-state index contributed by atoms with van der Waals surface area (Å²) in [6.45, 7) is 4.14. The number of fused-ring (bicyclic) bond motifs is 1. The van der Waals surface area contributed by atoms with Crippen molar-refractivity contribution in [2.45, 2.75) is 6.54 Å². The maximum absolute atomic E-state index is 12.2. The zero-order valence-corrected chi connectivity index (χ0v) is 17.3. The van der Waals surface area contributed by atoms with E-state index >= 15 is 0 Å². The van der Waals surface area contributed by atoms with Crippen LogP contribution in [0.1, 0.15) is 5.69 Å². The zero-order valence-electron chi connectivity index (χ0n) is 16.5. The number of benzene rings is 1. The lowest BCUT2D eigenvalue weighted by atomic mass is 10.2. The quantitative estimate of drug-likeness (QED) is 0.507. The lowest BCUT2D eigenvalue weighted by Gasteiger charge is -2.34. The summed E-state index contributed by atoms with van der Waals surface area (Å²) < 4.78 is 5.22. The monoisotopic (exact) mass is 423 g/mol. The third kappa shape index (κ3) is 3.66. The smallest absolute Gasteiger partial charge is 0.263 e. The summed E-state index contributed by atoms with van der Waals surface area (Å²) in [5, 5.41) is 10.3. The van der Waals surface area contributed by atoms with Crippen LogP contribution in [0.15, 0.2) is 40.6 Å². The van der Waals surface area contributed by atoms with Crippen molar-refractivity contribution >= 4 is 28.3 Å².